The Labute approximate surface area is 137 Å². The average Bonchev–Trinajstić information content (AvgIpc) is 2.56. The van der Waals surface area contributed by atoms with Gasteiger partial charge in [0, 0.05) is 6.04 Å². The van der Waals surface area contributed by atoms with Crippen LogP contribution in [-0.4, -0.2) is 31.1 Å². The molecule has 1 aromatic carbocycles. The molecule has 0 heterocycles. The Bertz CT molecular complexity index is 526. The van der Waals surface area contributed by atoms with Crippen molar-refractivity contribution >= 4 is 11.9 Å². The molecule has 5 nitrogen and oxygen atoms in total. The predicted octanol–water partition coefficient (Wildman–Crippen LogP) is 2.94. The molecule has 1 aliphatic rings. The molecule has 0 aromatic heterocycles. The summed E-state index contributed by atoms with van der Waals surface area (Å²) in [5.41, 5.74) is 0.410. The van der Waals surface area contributed by atoms with Crippen LogP contribution in [0.1, 0.15) is 49.9 Å². The van der Waals surface area contributed by atoms with Crippen molar-refractivity contribution in [2.75, 3.05) is 13.2 Å². The second-order valence-electron chi connectivity index (χ2n) is 5.97. The largest absolute Gasteiger partial charge is 0.494 e. The van der Waals surface area contributed by atoms with Crippen LogP contribution in [0.5, 0.6) is 5.75 Å². The number of carbonyl (C=O) groups is 2. The third-order valence-electron chi connectivity index (χ3n) is 4.19. The third kappa shape index (κ3) is 5.27. The summed E-state index contributed by atoms with van der Waals surface area (Å²) < 4.78 is 10.4. The molecule has 1 fully saturated rings. The van der Waals surface area contributed by atoms with E-state index in [-0.39, 0.29) is 18.6 Å². The molecule has 1 N–H and O–H groups in total. The minimum absolute atomic E-state index is 0.195. The first-order valence-electron chi connectivity index (χ1n) is 8.29. The van der Waals surface area contributed by atoms with Crippen LogP contribution in [0.3, 0.4) is 0 Å². The Kier molecular flexibility index (Phi) is 6.44. The van der Waals surface area contributed by atoms with Crippen molar-refractivity contribution in [3.63, 3.8) is 0 Å². The molecular formula is C18H25NO4. The van der Waals surface area contributed by atoms with Gasteiger partial charge in [-0.15, -0.1) is 0 Å². The van der Waals surface area contributed by atoms with Gasteiger partial charge >= 0.3 is 5.97 Å². The molecule has 0 unspecified atom stereocenters. The van der Waals surface area contributed by atoms with Crippen LogP contribution < -0.4 is 10.1 Å². The van der Waals surface area contributed by atoms with Crippen LogP contribution in [-0.2, 0) is 9.53 Å². The summed E-state index contributed by atoms with van der Waals surface area (Å²) in [5, 5.41) is 2.97. The minimum Gasteiger partial charge on any atom is -0.494 e. The van der Waals surface area contributed by atoms with Crippen molar-refractivity contribution in [1.29, 1.82) is 0 Å². The van der Waals surface area contributed by atoms with Crippen LogP contribution in [0.25, 0.3) is 0 Å². The van der Waals surface area contributed by atoms with Crippen LogP contribution in [0.2, 0.25) is 0 Å². The number of nitrogens with one attached hydrogen (secondary N) is 1. The van der Waals surface area contributed by atoms with Gasteiger partial charge in [-0.3, -0.25) is 4.79 Å². The van der Waals surface area contributed by atoms with E-state index in [9.17, 15) is 9.59 Å². The van der Waals surface area contributed by atoms with E-state index in [2.05, 4.69) is 12.2 Å². The third-order valence-corrected chi connectivity index (χ3v) is 4.19. The number of hydrogen-bond donors (Lipinski definition) is 1. The molecule has 1 saturated carbocycles. The molecule has 1 aliphatic carbocycles. The van der Waals surface area contributed by atoms with Gasteiger partial charge in [0.25, 0.3) is 5.91 Å². The topological polar surface area (TPSA) is 64.6 Å². The van der Waals surface area contributed by atoms with Crippen molar-refractivity contribution in [2.45, 2.75) is 45.6 Å². The molecule has 23 heavy (non-hydrogen) atoms. The summed E-state index contributed by atoms with van der Waals surface area (Å²) in [6.45, 7) is 4.38. The fourth-order valence-corrected chi connectivity index (χ4v) is 2.85. The molecule has 126 valence electrons. The highest BCUT2D eigenvalue weighted by Gasteiger charge is 2.23. The zero-order valence-electron chi connectivity index (χ0n) is 13.8. The van der Waals surface area contributed by atoms with E-state index in [0.717, 1.165) is 19.3 Å². The van der Waals surface area contributed by atoms with E-state index in [1.54, 1.807) is 24.3 Å². The Balaban J connectivity index is 1.77. The normalized spacial score (nSPS) is 20.6. The zero-order valence-corrected chi connectivity index (χ0v) is 13.8. The van der Waals surface area contributed by atoms with Crippen molar-refractivity contribution in [1.82, 2.24) is 5.32 Å². The highest BCUT2D eigenvalue weighted by Crippen LogP contribution is 2.23. The maximum atomic E-state index is 11.9. The first-order valence-corrected chi connectivity index (χ1v) is 8.29. The molecule has 0 radical (unpaired) electrons. The van der Waals surface area contributed by atoms with Crippen molar-refractivity contribution in [3.05, 3.63) is 29.8 Å². The van der Waals surface area contributed by atoms with E-state index >= 15 is 0 Å². The number of ether oxygens (including phenoxy) is 2. The number of amides is 1. The molecule has 2 rings (SSSR count). The maximum Gasteiger partial charge on any atom is 0.338 e. The lowest BCUT2D eigenvalue weighted by molar-refractivity contribution is -0.125. The fourth-order valence-electron chi connectivity index (χ4n) is 2.85. The average molecular weight is 319 g/mol. The zero-order chi connectivity index (χ0) is 16.7. The summed E-state index contributed by atoms with van der Waals surface area (Å²) in [5.74, 6) is 0.450. The Morgan fingerprint density at radius 2 is 1.87 bits per heavy atom. The molecule has 1 amide bonds. The smallest absolute Gasteiger partial charge is 0.338 e. The van der Waals surface area contributed by atoms with Crippen molar-refractivity contribution in [2.24, 2.45) is 5.92 Å². The van der Waals surface area contributed by atoms with Gasteiger partial charge < -0.3 is 14.8 Å². The number of hydrogen-bond acceptors (Lipinski definition) is 4. The van der Waals surface area contributed by atoms with Gasteiger partial charge in [0.2, 0.25) is 0 Å². The number of carbonyl (C=O) groups excluding carboxylic acids is 2. The summed E-state index contributed by atoms with van der Waals surface area (Å²) in [7, 11) is 0. The minimum atomic E-state index is -0.500. The molecule has 0 aliphatic heterocycles. The molecule has 0 bridgehead atoms. The van der Waals surface area contributed by atoms with Gasteiger partial charge in [0.1, 0.15) is 5.75 Å². The van der Waals surface area contributed by atoms with Crippen molar-refractivity contribution < 1.29 is 19.1 Å². The van der Waals surface area contributed by atoms with Gasteiger partial charge in [-0.25, -0.2) is 4.79 Å². The predicted molar refractivity (Wildman–Crippen MR) is 87.5 cm³/mol. The van der Waals surface area contributed by atoms with E-state index in [4.69, 9.17) is 9.47 Å². The standard InChI is InChI=1S/C18H25NO4/c1-3-22-15-10-8-14(9-11-15)18(21)23-12-17(20)19-16-7-5-4-6-13(16)2/h8-11,13,16H,3-7,12H2,1-2H3,(H,19,20)/t13-,16-/m0/s1. The SMILES string of the molecule is CCOc1ccc(C(=O)OCC(=O)N[C@H]2CCCC[C@@H]2C)cc1. The van der Waals surface area contributed by atoms with Gasteiger partial charge in [-0.2, -0.15) is 0 Å². The lowest BCUT2D eigenvalue weighted by atomic mass is 9.86. The lowest BCUT2D eigenvalue weighted by Crippen LogP contribution is -2.42. The van der Waals surface area contributed by atoms with E-state index in [1.165, 1.54) is 6.42 Å². The van der Waals surface area contributed by atoms with E-state index in [0.29, 0.717) is 23.8 Å². The number of rotatable bonds is 6. The van der Waals surface area contributed by atoms with E-state index in [1.807, 2.05) is 6.92 Å². The van der Waals surface area contributed by atoms with Gasteiger partial charge in [0.05, 0.1) is 12.2 Å². The summed E-state index contributed by atoms with van der Waals surface area (Å²) >= 11 is 0. The summed E-state index contributed by atoms with van der Waals surface area (Å²) in [6, 6.07) is 6.89. The highest BCUT2D eigenvalue weighted by atomic mass is 16.5. The van der Waals surface area contributed by atoms with E-state index < -0.39 is 5.97 Å². The Hall–Kier alpha value is -2.04. The fraction of sp³-hybridized carbons (Fsp3) is 0.556. The van der Waals surface area contributed by atoms with Gasteiger partial charge in [0.15, 0.2) is 6.61 Å². The van der Waals surface area contributed by atoms with Crippen LogP contribution in [0.15, 0.2) is 24.3 Å². The monoisotopic (exact) mass is 319 g/mol. The Morgan fingerprint density at radius 3 is 2.52 bits per heavy atom. The van der Waals surface area contributed by atoms with Crippen LogP contribution >= 0.6 is 0 Å². The lowest BCUT2D eigenvalue weighted by Gasteiger charge is -2.29. The maximum absolute atomic E-state index is 11.9. The molecular weight excluding hydrogens is 294 g/mol. The number of esters is 1. The quantitative estimate of drug-likeness (QED) is 0.819. The Morgan fingerprint density at radius 1 is 1.17 bits per heavy atom. The second-order valence-corrected chi connectivity index (χ2v) is 5.97. The van der Waals surface area contributed by atoms with Gasteiger partial charge in [-0.1, -0.05) is 19.8 Å². The molecule has 5 heteroatoms. The van der Waals surface area contributed by atoms with Crippen LogP contribution in [0.4, 0.5) is 0 Å². The summed E-state index contributed by atoms with van der Waals surface area (Å²) in [6.07, 6.45) is 4.50. The van der Waals surface area contributed by atoms with Crippen molar-refractivity contribution in [3.8, 4) is 5.75 Å². The van der Waals surface area contributed by atoms with Gasteiger partial charge in [-0.05, 0) is 49.9 Å². The first-order chi connectivity index (χ1) is 11.1. The number of benzene rings is 1. The molecule has 1 aromatic rings. The van der Waals surface area contributed by atoms with Crippen LogP contribution in [0, 0.1) is 5.92 Å². The highest BCUT2D eigenvalue weighted by molar-refractivity contribution is 5.91. The second kappa shape index (κ2) is 8.56. The molecule has 2 atom stereocenters. The first kappa shape index (κ1) is 17.3. The molecule has 0 spiro atoms. The summed E-state index contributed by atoms with van der Waals surface area (Å²) in [4.78, 5) is 23.9. The molecule has 0 saturated heterocycles.